The van der Waals surface area contributed by atoms with E-state index in [2.05, 4.69) is 4.98 Å². The van der Waals surface area contributed by atoms with Gasteiger partial charge in [-0.25, -0.2) is 12.8 Å². The molecule has 0 aliphatic heterocycles. The molecule has 4 nitrogen and oxygen atoms in total. The maximum atomic E-state index is 12.9. The molecule has 0 aliphatic carbocycles. The number of hydrogen-bond donors (Lipinski definition) is 0. The number of aromatic nitrogens is 1. The predicted octanol–water partition coefficient (Wildman–Crippen LogP) is 2.43. The second kappa shape index (κ2) is 6.11. The molecule has 1 heterocycles. The van der Waals surface area contributed by atoms with Crippen LogP contribution in [0.3, 0.4) is 0 Å². The highest BCUT2D eigenvalue weighted by atomic mass is 32.2. The summed E-state index contributed by atoms with van der Waals surface area (Å²) < 4.78 is 39.2. The van der Waals surface area contributed by atoms with Crippen molar-refractivity contribution in [2.24, 2.45) is 0 Å². The molecule has 0 saturated carbocycles. The lowest BCUT2D eigenvalue weighted by Crippen LogP contribution is -2.30. The van der Waals surface area contributed by atoms with Crippen molar-refractivity contribution in [2.75, 3.05) is 6.54 Å². The van der Waals surface area contributed by atoms with Crippen LogP contribution in [-0.4, -0.2) is 24.3 Å². The van der Waals surface area contributed by atoms with Gasteiger partial charge in [0.05, 0.1) is 4.90 Å². The van der Waals surface area contributed by atoms with Crippen LogP contribution in [0.25, 0.3) is 0 Å². The van der Waals surface area contributed by atoms with Gasteiger partial charge in [0.25, 0.3) is 0 Å². The molecule has 1 aromatic heterocycles. The van der Waals surface area contributed by atoms with Gasteiger partial charge in [-0.15, -0.1) is 0 Å². The summed E-state index contributed by atoms with van der Waals surface area (Å²) >= 11 is 0. The topological polar surface area (TPSA) is 50.3 Å². The van der Waals surface area contributed by atoms with Crippen LogP contribution in [0.2, 0.25) is 0 Å². The van der Waals surface area contributed by atoms with Gasteiger partial charge in [-0.3, -0.25) is 4.98 Å². The highest BCUT2D eigenvalue weighted by Crippen LogP contribution is 2.18. The SMILES string of the molecule is CCN(Cc1ccncc1)S(=O)(=O)c1ccc(F)cc1. The lowest BCUT2D eigenvalue weighted by Gasteiger charge is -2.20. The number of nitrogens with zero attached hydrogens (tertiary/aromatic N) is 2. The molecule has 0 saturated heterocycles. The van der Waals surface area contributed by atoms with Crippen LogP contribution in [0.1, 0.15) is 12.5 Å². The van der Waals surface area contributed by atoms with Crippen LogP contribution < -0.4 is 0 Å². The van der Waals surface area contributed by atoms with E-state index in [4.69, 9.17) is 0 Å². The monoisotopic (exact) mass is 294 g/mol. The third kappa shape index (κ3) is 3.20. The molecule has 0 N–H and O–H groups in total. The van der Waals surface area contributed by atoms with Crippen LogP contribution >= 0.6 is 0 Å². The maximum Gasteiger partial charge on any atom is 0.243 e. The summed E-state index contributed by atoms with van der Waals surface area (Å²) in [4.78, 5) is 3.99. The average molecular weight is 294 g/mol. The largest absolute Gasteiger partial charge is 0.265 e. The fourth-order valence-electron chi connectivity index (χ4n) is 1.81. The standard InChI is InChI=1S/C14H15FN2O2S/c1-2-17(11-12-7-9-16-10-8-12)20(18,19)14-5-3-13(15)4-6-14/h3-10H,2,11H2,1H3. The van der Waals surface area contributed by atoms with E-state index < -0.39 is 15.8 Å². The molecule has 1 aromatic carbocycles. The molecule has 0 amide bonds. The third-order valence-electron chi connectivity index (χ3n) is 2.91. The zero-order valence-corrected chi connectivity index (χ0v) is 11.8. The van der Waals surface area contributed by atoms with Gasteiger partial charge in [-0.2, -0.15) is 4.31 Å². The van der Waals surface area contributed by atoms with Crippen molar-refractivity contribution in [3.05, 3.63) is 60.2 Å². The zero-order valence-electron chi connectivity index (χ0n) is 11.0. The van der Waals surface area contributed by atoms with Crippen LogP contribution in [0.5, 0.6) is 0 Å². The molecule has 2 rings (SSSR count). The molecule has 106 valence electrons. The van der Waals surface area contributed by atoms with Gasteiger partial charge < -0.3 is 0 Å². The van der Waals surface area contributed by atoms with Gasteiger partial charge in [0.15, 0.2) is 0 Å². The van der Waals surface area contributed by atoms with E-state index in [0.717, 1.165) is 17.7 Å². The van der Waals surface area contributed by atoms with E-state index in [9.17, 15) is 12.8 Å². The summed E-state index contributed by atoms with van der Waals surface area (Å²) in [6.45, 7) is 2.36. The molecule has 0 unspecified atom stereocenters. The van der Waals surface area contributed by atoms with E-state index in [1.54, 1.807) is 31.5 Å². The van der Waals surface area contributed by atoms with Gasteiger partial charge in [0, 0.05) is 25.5 Å². The average Bonchev–Trinajstić information content (AvgIpc) is 2.46. The Bertz CT molecular complexity index is 657. The van der Waals surface area contributed by atoms with Crippen molar-refractivity contribution in [3.8, 4) is 0 Å². The number of benzene rings is 1. The Kier molecular flexibility index (Phi) is 4.46. The Morgan fingerprint density at radius 2 is 1.70 bits per heavy atom. The molecular weight excluding hydrogens is 279 g/mol. The molecule has 0 aliphatic rings. The van der Waals surface area contributed by atoms with E-state index in [-0.39, 0.29) is 11.4 Å². The molecule has 0 spiro atoms. The highest BCUT2D eigenvalue weighted by molar-refractivity contribution is 7.89. The Morgan fingerprint density at radius 1 is 1.10 bits per heavy atom. The molecule has 2 aromatic rings. The molecule has 6 heteroatoms. The third-order valence-corrected chi connectivity index (χ3v) is 4.85. The van der Waals surface area contributed by atoms with Gasteiger partial charge in [-0.1, -0.05) is 6.92 Å². The molecule has 0 atom stereocenters. The van der Waals surface area contributed by atoms with Crippen molar-refractivity contribution in [3.63, 3.8) is 0 Å². The fourth-order valence-corrected chi connectivity index (χ4v) is 3.25. The number of hydrogen-bond acceptors (Lipinski definition) is 3. The molecule has 0 radical (unpaired) electrons. The Hall–Kier alpha value is -1.79. The number of rotatable bonds is 5. The smallest absolute Gasteiger partial charge is 0.243 e. The van der Waals surface area contributed by atoms with E-state index in [0.29, 0.717) is 6.54 Å². The van der Waals surface area contributed by atoms with Crippen LogP contribution in [0, 0.1) is 5.82 Å². The summed E-state index contributed by atoms with van der Waals surface area (Å²) in [7, 11) is -3.62. The van der Waals surface area contributed by atoms with Gasteiger partial charge in [-0.05, 0) is 42.0 Å². The minimum absolute atomic E-state index is 0.0924. The number of halogens is 1. The van der Waals surface area contributed by atoms with Crippen molar-refractivity contribution in [2.45, 2.75) is 18.4 Å². The Morgan fingerprint density at radius 3 is 2.25 bits per heavy atom. The number of sulfonamides is 1. The van der Waals surface area contributed by atoms with Crippen LogP contribution in [0.4, 0.5) is 4.39 Å². The molecule has 20 heavy (non-hydrogen) atoms. The van der Waals surface area contributed by atoms with Crippen LogP contribution in [0.15, 0.2) is 53.7 Å². The van der Waals surface area contributed by atoms with Gasteiger partial charge >= 0.3 is 0 Å². The normalized spacial score (nSPS) is 11.8. The first-order valence-corrected chi connectivity index (χ1v) is 7.62. The fraction of sp³-hybridized carbons (Fsp3) is 0.214. The minimum Gasteiger partial charge on any atom is -0.265 e. The quantitative estimate of drug-likeness (QED) is 0.851. The summed E-state index contributed by atoms with van der Waals surface area (Å²) in [6.07, 6.45) is 3.24. The highest BCUT2D eigenvalue weighted by Gasteiger charge is 2.23. The van der Waals surface area contributed by atoms with Crippen molar-refractivity contribution in [1.82, 2.24) is 9.29 Å². The second-order valence-corrected chi connectivity index (χ2v) is 6.18. The lowest BCUT2D eigenvalue weighted by atomic mass is 10.3. The van der Waals surface area contributed by atoms with Crippen molar-refractivity contribution < 1.29 is 12.8 Å². The zero-order chi connectivity index (χ0) is 14.6. The van der Waals surface area contributed by atoms with Crippen molar-refractivity contribution >= 4 is 10.0 Å². The van der Waals surface area contributed by atoms with Crippen LogP contribution in [-0.2, 0) is 16.6 Å². The first kappa shape index (κ1) is 14.6. The predicted molar refractivity (Wildman–Crippen MR) is 73.9 cm³/mol. The van der Waals surface area contributed by atoms with Crippen molar-refractivity contribution in [1.29, 1.82) is 0 Å². The molecular formula is C14H15FN2O2S. The van der Waals surface area contributed by atoms with E-state index >= 15 is 0 Å². The Balaban J connectivity index is 2.28. The molecule has 0 bridgehead atoms. The summed E-state index contributed by atoms with van der Waals surface area (Å²) in [5, 5.41) is 0. The lowest BCUT2D eigenvalue weighted by molar-refractivity contribution is 0.423. The summed E-state index contributed by atoms with van der Waals surface area (Å²) in [5.74, 6) is -0.457. The van der Waals surface area contributed by atoms with E-state index in [1.165, 1.54) is 16.4 Å². The second-order valence-electron chi connectivity index (χ2n) is 4.24. The summed E-state index contributed by atoms with van der Waals surface area (Å²) in [5.41, 5.74) is 0.854. The van der Waals surface area contributed by atoms with E-state index in [1.807, 2.05) is 0 Å². The first-order valence-electron chi connectivity index (χ1n) is 6.18. The van der Waals surface area contributed by atoms with Gasteiger partial charge in [0.2, 0.25) is 10.0 Å². The first-order chi connectivity index (χ1) is 9.54. The molecule has 0 fully saturated rings. The Labute approximate surface area is 117 Å². The number of pyridine rings is 1. The van der Waals surface area contributed by atoms with Gasteiger partial charge in [0.1, 0.15) is 5.82 Å². The minimum atomic E-state index is -3.62. The summed E-state index contributed by atoms with van der Waals surface area (Å²) in [6, 6.07) is 8.38. The maximum absolute atomic E-state index is 12.9.